The first-order valence-electron chi connectivity index (χ1n) is 9.82. The molecule has 0 spiro atoms. The van der Waals surface area contributed by atoms with Gasteiger partial charge in [-0.2, -0.15) is 0 Å². The number of carbonyl (C=O) groups is 1. The molecule has 0 saturated carbocycles. The van der Waals surface area contributed by atoms with Crippen LogP contribution in [0.1, 0.15) is 48.3 Å². The molecule has 0 aromatic carbocycles. The Labute approximate surface area is 165 Å². The zero-order valence-electron chi connectivity index (χ0n) is 16.6. The van der Waals surface area contributed by atoms with Crippen LogP contribution < -0.4 is 19.7 Å². The van der Waals surface area contributed by atoms with Crippen molar-refractivity contribution in [2.45, 2.75) is 52.4 Å². The monoisotopic (exact) mass is 382 g/mol. The number of hydrogen-bond acceptors (Lipinski definition) is 6. The van der Waals surface area contributed by atoms with E-state index in [0.717, 1.165) is 48.8 Å². The summed E-state index contributed by atoms with van der Waals surface area (Å²) < 4.78 is 11.7. The summed E-state index contributed by atoms with van der Waals surface area (Å²) in [6.07, 6.45) is 3.82. The number of piperidine rings is 1. The highest BCUT2D eigenvalue weighted by molar-refractivity contribution is 5.98. The molecule has 2 aromatic rings. The lowest BCUT2D eigenvalue weighted by molar-refractivity contribution is 0.0965. The highest BCUT2D eigenvalue weighted by atomic mass is 16.5. The first kappa shape index (κ1) is 18.5. The summed E-state index contributed by atoms with van der Waals surface area (Å²) in [5.41, 5.74) is 2.59. The van der Waals surface area contributed by atoms with Crippen LogP contribution >= 0.6 is 0 Å². The van der Waals surface area contributed by atoms with E-state index in [1.807, 2.05) is 39.0 Å². The van der Waals surface area contributed by atoms with Gasteiger partial charge in [0.2, 0.25) is 5.88 Å². The molecule has 28 heavy (non-hydrogen) atoms. The number of amides is 1. The van der Waals surface area contributed by atoms with E-state index in [2.05, 4.69) is 15.2 Å². The molecule has 2 aliphatic rings. The standard InChI is InChI=1S/C21H26N4O3/c1-13(2)27-19-5-4-16(11-22-19)28-15-6-8-25(9-7-15)20-14(3)10-17-18(24-20)12-23-21(17)26/h4-5,10-11,13,15H,6-9,12H2,1-3H3,(H,23,26). The van der Waals surface area contributed by atoms with Gasteiger partial charge in [-0.25, -0.2) is 9.97 Å². The fourth-order valence-electron chi connectivity index (χ4n) is 3.68. The van der Waals surface area contributed by atoms with Crippen LogP contribution in [0.15, 0.2) is 24.4 Å². The van der Waals surface area contributed by atoms with E-state index in [9.17, 15) is 4.79 Å². The molecule has 1 amide bonds. The molecule has 0 radical (unpaired) electrons. The largest absolute Gasteiger partial charge is 0.489 e. The summed E-state index contributed by atoms with van der Waals surface area (Å²) in [4.78, 5) is 23.1. The van der Waals surface area contributed by atoms with Crippen molar-refractivity contribution in [2.24, 2.45) is 0 Å². The van der Waals surface area contributed by atoms with Crippen molar-refractivity contribution in [3.8, 4) is 11.6 Å². The molecule has 7 nitrogen and oxygen atoms in total. The Hall–Kier alpha value is -2.83. The van der Waals surface area contributed by atoms with Crippen LogP contribution in [0.2, 0.25) is 0 Å². The van der Waals surface area contributed by atoms with E-state index in [0.29, 0.717) is 18.0 Å². The number of fused-ring (bicyclic) bond motifs is 1. The van der Waals surface area contributed by atoms with Crippen LogP contribution in [-0.4, -0.2) is 41.2 Å². The molecule has 1 N–H and O–H groups in total. The molecular weight excluding hydrogens is 356 g/mol. The van der Waals surface area contributed by atoms with Crippen molar-refractivity contribution in [3.63, 3.8) is 0 Å². The van der Waals surface area contributed by atoms with Gasteiger partial charge in [0.15, 0.2) is 0 Å². The summed E-state index contributed by atoms with van der Waals surface area (Å²) >= 11 is 0. The van der Waals surface area contributed by atoms with Gasteiger partial charge in [-0.15, -0.1) is 0 Å². The third-order valence-corrected chi connectivity index (χ3v) is 5.04. The van der Waals surface area contributed by atoms with Crippen molar-refractivity contribution < 1.29 is 14.3 Å². The average molecular weight is 382 g/mol. The van der Waals surface area contributed by atoms with Crippen LogP contribution in [0, 0.1) is 6.92 Å². The lowest BCUT2D eigenvalue weighted by atomic mass is 10.1. The van der Waals surface area contributed by atoms with Gasteiger partial charge in [-0.05, 0) is 38.5 Å². The normalized spacial score (nSPS) is 16.9. The molecule has 1 saturated heterocycles. The third kappa shape index (κ3) is 3.88. The molecule has 2 aliphatic heterocycles. The van der Waals surface area contributed by atoms with E-state index < -0.39 is 0 Å². The second-order valence-electron chi connectivity index (χ2n) is 7.61. The maximum Gasteiger partial charge on any atom is 0.253 e. The summed E-state index contributed by atoms with van der Waals surface area (Å²) in [6.45, 7) is 8.24. The molecule has 2 aromatic heterocycles. The summed E-state index contributed by atoms with van der Waals surface area (Å²) in [5, 5.41) is 2.84. The van der Waals surface area contributed by atoms with Gasteiger partial charge in [0.25, 0.3) is 5.91 Å². The van der Waals surface area contributed by atoms with E-state index in [1.165, 1.54) is 0 Å². The minimum absolute atomic E-state index is 0.0253. The Kier molecular flexibility index (Phi) is 5.07. The van der Waals surface area contributed by atoms with E-state index in [4.69, 9.17) is 14.5 Å². The maximum absolute atomic E-state index is 11.8. The molecule has 148 valence electrons. The summed E-state index contributed by atoms with van der Waals surface area (Å²) in [5.74, 6) is 2.34. The lowest BCUT2D eigenvalue weighted by Gasteiger charge is -2.33. The highest BCUT2D eigenvalue weighted by Gasteiger charge is 2.26. The smallest absolute Gasteiger partial charge is 0.253 e. The molecule has 0 bridgehead atoms. The number of nitrogens with one attached hydrogen (secondary N) is 1. The first-order valence-corrected chi connectivity index (χ1v) is 9.82. The summed E-state index contributed by atoms with van der Waals surface area (Å²) in [6, 6.07) is 5.71. The first-order chi connectivity index (χ1) is 13.5. The summed E-state index contributed by atoms with van der Waals surface area (Å²) in [7, 11) is 0. The zero-order valence-corrected chi connectivity index (χ0v) is 16.6. The van der Waals surface area contributed by atoms with Crippen molar-refractivity contribution >= 4 is 11.7 Å². The van der Waals surface area contributed by atoms with Gasteiger partial charge in [-0.1, -0.05) is 0 Å². The van der Waals surface area contributed by atoms with Gasteiger partial charge in [-0.3, -0.25) is 4.79 Å². The van der Waals surface area contributed by atoms with Crippen LogP contribution in [0.3, 0.4) is 0 Å². The molecule has 0 atom stereocenters. The van der Waals surface area contributed by atoms with E-state index in [-0.39, 0.29) is 18.1 Å². The second kappa shape index (κ2) is 7.66. The van der Waals surface area contributed by atoms with Crippen molar-refractivity contribution in [1.82, 2.24) is 15.3 Å². The van der Waals surface area contributed by atoms with Crippen LogP contribution in [-0.2, 0) is 6.54 Å². The average Bonchev–Trinajstić information content (AvgIpc) is 3.03. The van der Waals surface area contributed by atoms with Gasteiger partial charge in [0, 0.05) is 32.0 Å². The number of nitrogens with zero attached hydrogens (tertiary/aromatic N) is 3. The van der Waals surface area contributed by atoms with Gasteiger partial charge in [0.1, 0.15) is 17.7 Å². The Balaban J connectivity index is 1.36. The van der Waals surface area contributed by atoms with E-state index in [1.54, 1.807) is 6.20 Å². The van der Waals surface area contributed by atoms with E-state index >= 15 is 0 Å². The van der Waals surface area contributed by atoms with Gasteiger partial charge < -0.3 is 19.7 Å². The number of rotatable bonds is 5. The third-order valence-electron chi connectivity index (χ3n) is 5.04. The number of aryl methyl sites for hydroxylation is 1. The second-order valence-corrected chi connectivity index (χ2v) is 7.61. The molecule has 7 heteroatoms. The Morgan fingerprint density at radius 3 is 2.71 bits per heavy atom. The lowest BCUT2D eigenvalue weighted by Crippen LogP contribution is -2.39. The zero-order chi connectivity index (χ0) is 19.7. The highest BCUT2D eigenvalue weighted by Crippen LogP contribution is 2.27. The van der Waals surface area contributed by atoms with Gasteiger partial charge >= 0.3 is 0 Å². The van der Waals surface area contributed by atoms with Crippen LogP contribution in [0.25, 0.3) is 0 Å². The van der Waals surface area contributed by atoms with Crippen LogP contribution in [0.5, 0.6) is 11.6 Å². The fraction of sp³-hybridized carbons (Fsp3) is 0.476. The number of aromatic nitrogens is 2. The topological polar surface area (TPSA) is 76.6 Å². The number of carbonyl (C=O) groups excluding carboxylic acids is 1. The molecule has 4 heterocycles. The minimum atomic E-state index is -0.0253. The van der Waals surface area contributed by atoms with Crippen LogP contribution in [0.4, 0.5) is 5.82 Å². The Bertz CT molecular complexity index is 859. The number of ether oxygens (including phenoxy) is 2. The number of hydrogen-bond donors (Lipinski definition) is 1. The minimum Gasteiger partial charge on any atom is -0.489 e. The Morgan fingerprint density at radius 2 is 2.04 bits per heavy atom. The molecule has 1 fully saturated rings. The predicted octanol–water partition coefficient (Wildman–Crippen LogP) is 2.86. The number of pyridine rings is 2. The van der Waals surface area contributed by atoms with Crippen molar-refractivity contribution in [1.29, 1.82) is 0 Å². The number of anilines is 1. The Morgan fingerprint density at radius 1 is 1.25 bits per heavy atom. The van der Waals surface area contributed by atoms with Gasteiger partial charge in [0.05, 0.1) is 30.1 Å². The maximum atomic E-state index is 11.8. The van der Waals surface area contributed by atoms with Crippen molar-refractivity contribution in [2.75, 3.05) is 18.0 Å². The molecular formula is C21H26N4O3. The molecule has 0 aliphatic carbocycles. The molecule has 4 rings (SSSR count). The predicted molar refractivity (Wildman–Crippen MR) is 106 cm³/mol. The SMILES string of the molecule is Cc1cc2c(nc1N1CCC(Oc3ccc(OC(C)C)nc3)CC1)CNC2=O. The van der Waals surface area contributed by atoms with Crippen molar-refractivity contribution in [3.05, 3.63) is 41.2 Å². The quantitative estimate of drug-likeness (QED) is 0.857. The molecule has 0 unspecified atom stereocenters. The fourth-order valence-corrected chi connectivity index (χ4v) is 3.68.